The van der Waals surface area contributed by atoms with Crippen LogP contribution in [0.5, 0.6) is 0 Å². The number of anilines is 1. The van der Waals surface area contributed by atoms with Gasteiger partial charge in [-0.05, 0) is 36.5 Å². The van der Waals surface area contributed by atoms with E-state index in [1.165, 1.54) is 12.1 Å². The number of benzene rings is 1. The zero-order valence-electron chi connectivity index (χ0n) is 11.5. The van der Waals surface area contributed by atoms with E-state index in [0.29, 0.717) is 12.1 Å². The highest BCUT2D eigenvalue weighted by Gasteiger charge is 2.51. The van der Waals surface area contributed by atoms with E-state index in [9.17, 15) is 19.1 Å². The van der Waals surface area contributed by atoms with Gasteiger partial charge in [-0.2, -0.15) is 5.26 Å². The second kappa shape index (κ2) is 5.26. The third-order valence-electron chi connectivity index (χ3n) is 4.40. The predicted octanol–water partition coefficient (Wildman–Crippen LogP) is 2.16. The molecule has 2 aliphatic carbocycles. The van der Waals surface area contributed by atoms with Crippen molar-refractivity contribution in [1.82, 2.24) is 0 Å². The van der Waals surface area contributed by atoms with Gasteiger partial charge < -0.3 is 10.4 Å². The molecule has 0 aliphatic heterocycles. The topological polar surface area (TPSA) is 90.2 Å². The van der Waals surface area contributed by atoms with Crippen LogP contribution in [0.2, 0.25) is 0 Å². The van der Waals surface area contributed by atoms with Crippen molar-refractivity contribution in [1.29, 1.82) is 5.26 Å². The highest BCUT2D eigenvalue weighted by molar-refractivity contribution is 5.96. The predicted molar refractivity (Wildman–Crippen MR) is 75.1 cm³/mol. The van der Waals surface area contributed by atoms with Crippen LogP contribution in [0.15, 0.2) is 30.4 Å². The van der Waals surface area contributed by atoms with Crippen molar-refractivity contribution in [2.45, 2.75) is 6.42 Å². The zero-order valence-corrected chi connectivity index (χ0v) is 11.5. The Kier molecular flexibility index (Phi) is 3.41. The Hall–Kier alpha value is -2.68. The van der Waals surface area contributed by atoms with Gasteiger partial charge in [0.05, 0.1) is 17.4 Å². The molecule has 1 aromatic carbocycles. The standard InChI is InChI=1S/C16H13FN2O3/c17-12-4-3-11(6-10(12)7-18)19-15(20)13-8-1-2-9(5-8)14(13)16(21)22/h1-4,6,8-9,13-14H,5H2,(H,19,20)(H,21,22). The minimum Gasteiger partial charge on any atom is -0.481 e. The summed E-state index contributed by atoms with van der Waals surface area (Å²) in [5.74, 6) is -3.60. The highest BCUT2D eigenvalue weighted by Crippen LogP contribution is 2.48. The molecule has 112 valence electrons. The molecule has 2 aliphatic rings. The van der Waals surface area contributed by atoms with E-state index in [0.717, 1.165) is 6.07 Å². The number of nitrogens with zero attached hydrogens (tertiary/aromatic N) is 1. The average molecular weight is 300 g/mol. The second-order valence-electron chi connectivity index (χ2n) is 5.63. The number of rotatable bonds is 3. The van der Waals surface area contributed by atoms with Crippen LogP contribution in [0.25, 0.3) is 0 Å². The van der Waals surface area contributed by atoms with Crippen LogP contribution in [-0.4, -0.2) is 17.0 Å². The molecule has 4 atom stereocenters. The van der Waals surface area contributed by atoms with Gasteiger partial charge in [-0.1, -0.05) is 12.2 Å². The summed E-state index contributed by atoms with van der Waals surface area (Å²) < 4.78 is 13.3. The summed E-state index contributed by atoms with van der Waals surface area (Å²) in [7, 11) is 0. The van der Waals surface area contributed by atoms with Gasteiger partial charge in [0.1, 0.15) is 11.9 Å². The first-order chi connectivity index (χ1) is 10.5. The molecule has 4 unspecified atom stereocenters. The Morgan fingerprint density at radius 3 is 2.59 bits per heavy atom. The van der Waals surface area contributed by atoms with Gasteiger partial charge in [-0.25, -0.2) is 4.39 Å². The molecule has 1 fully saturated rings. The van der Waals surface area contributed by atoms with Gasteiger partial charge in [0.15, 0.2) is 0 Å². The second-order valence-corrected chi connectivity index (χ2v) is 5.63. The maximum absolute atomic E-state index is 13.3. The summed E-state index contributed by atoms with van der Waals surface area (Å²) in [6, 6.07) is 5.40. The number of carboxylic acids is 1. The van der Waals surface area contributed by atoms with Crippen LogP contribution in [-0.2, 0) is 9.59 Å². The van der Waals surface area contributed by atoms with Gasteiger partial charge in [0, 0.05) is 5.69 Å². The molecule has 1 saturated carbocycles. The molecule has 0 heterocycles. The lowest BCUT2D eigenvalue weighted by molar-refractivity contribution is -0.146. The molecular formula is C16H13FN2O3. The van der Waals surface area contributed by atoms with Gasteiger partial charge in [-0.15, -0.1) is 0 Å². The van der Waals surface area contributed by atoms with E-state index >= 15 is 0 Å². The largest absolute Gasteiger partial charge is 0.481 e. The number of nitriles is 1. The molecule has 2 N–H and O–H groups in total. The first-order valence-corrected chi connectivity index (χ1v) is 6.93. The van der Waals surface area contributed by atoms with Crippen molar-refractivity contribution >= 4 is 17.6 Å². The molecule has 0 radical (unpaired) electrons. The maximum Gasteiger partial charge on any atom is 0.307 e. The van der Waals surface area contributed by atoms with Crippen molar-refractivity contribution < 1.29 is 19.1 Å². The number of nitrogens with one attached hydrogen (secondary N) is 1. The van der Waals surface area contributed by atoms with Gasteiger partial charge >= 0.3 is 5.97 Å². The molecule has 1 aromatic rings. The number of carbonyl (C=O) groups excluding carboxylic acids is 1. The van der Waals surface area contributed by atoms with Gasteiger partial charge in [-0.3, -0.25) is 9.59 Å². The fourth-order valence-corrected chi connectivity index (χ4v) is 3.43. The third kappa shape index (κ3) is 2.25. The molecule has 2 bridgehead atoms. The number of hydrogen-bond acceptors (Lipinski definition) is 3. The smallest absolute Gasteiger partial charge is 0.307 e. The Morgan fingerprint density at radius 2 is 1.95 bits per heavy atom. The van der Waals surface area contributed by atoms with Gasteiger partial charge in [0.25, 0.3) is 0 Å². The van der Waals surface area contributed by atoms with Gasteiger partial charge in [0.2, 0.25) is 5.91 Å². The van der Waals surface area contributed by atoms with E-state index in [-0.39, 0.29) is 17.4 Å². The average Bonchev–Trinajstić information content (AvgIpc) is 3.09. The summed E-state index contributed by atoms with van der Waals surface area (Å²) in [5, 5.41) is 20.7. The van der Waals surface area contributed by atoms with Crippen molar-refractivity contribution in [2.24, 2.45) is 23.7 Å². The summed E-state index contributed by atoms with van der Waals surface area (Å²) >= 11 is 0. The van der Waals surface area contributed by atoms with Crippen molar-refractivity contribution in [2.75, 3.05) is 5.32 Å². The van der Waals surface area contributed by atoms with Crippen LogP contribution in [0.1, 0.15) is 12.0 Å². The van der Waals surface area contributed by atoms with Crippen LogP contribution in [0, 0.1) is 40.8 Å². The molecular weight excluding hydrogens is 287 g/mol. The fourth-order valence-electron chi connectivity index (χ4n) is 3.43. The molecule has 3 rings (SSSR count). The first-order valence-electron chi connectivity index (χ1n) is 6.93. The van der Waals surface area contributed by atoms with E-state index in [1.54, 1.807) is 6.07 Å². The zero-order chi connectivity index (χ0) is 15.9. The van der Waals surface area contributed by atoms with Crippen molar-refractivity contribution in [3.8, 4) is 6.07 Å². The number of amides is 1. The lowest BCUT2D eigenvalue weighted by atomic mass is 9.82. The lowest BCUT2D eigenvalue weighted by Crippen LogP contribution is -2.36. The van der Waals surface area contributed by atoms with Crippen LogP contribution in [0.4, 0.5) is 10.1 Å². The SMILES string of the molecule is N#Cc1cc(NC(=O)C2C3C=CC(C3)C2C(=O)O)ccc1F. The molecule has 0 saturated heterocycles. The number of carbonyl (C=O) groups is 2. The quantitative estimate of drug-likeness (QED) is 0.837. The molecule has 0 spiro atoms. The molecule has 0 aromatic heterocycles. The normalized spacial score (nSPS) is 28.4. The lowest BCUT2D eigenvalue weighted by Gasteiger charge is -2.23. The Morgan fingerprint density at radius 1 is 1.27 bits per heavy atom. The summed E-state index contributed by atoms with van der Waals surface area (Å²) in [6.45, 7) is 0. The van der Waals surface area contributed by atoms with E-state index in [4.69, 9.17) is 5.26 Å². The number of allylic oxidation sites excluding steroid dienone is 2. The van der Waals surface area contributed by atoms with Crippen LogP contribution < -0.4 is 5.32 Å². The Bertz CT molecular complexity index is 723. The number of halogens is 1. The van der Waals surface area contributed by atoms with E-state index < -0.39 is 29.5 Å². The number of hydrogen-bond donors (Lipinski definition) is 2. The molecule has 5 nitrogen and oxygen atoms in total. The number of aliphatic carboxylic acids is 1. The Labute approximate surface area is 126 Å². The highest BCUT2D eigenvalue weighted by atomic mass is 19.1. The Balaban J connectivity index is 1.81. The fraction of sp³-hybridized carbons (Fsp3) is 0.312. The monoisotopic (exact) mass is 300 g/mol. The first kappa shape index (κ1) is 14.3. The van der Waals surface area contributed by atoms with Crippen LogP contribution in [0.3, 0.4) is 0 Å². The third-order valence-corrected chi connectivity index (χ3v) is 4.40. The molecule has 22 heavy (non-hydrogen) atoms. The van der Waals surface area contributed by atoms with Crippen molar-refractivity contribution in [3.05, 3.63) is 41.7 Å². The molecule has 1 amide bonds. The summed E-state index contributed by atoms with van der Waals surface area (Å²) in [4.78, 5) is 23.8. The number of carboxylic acid groups (broad SMARTS) is 1. The number of fused-ring (bicyclic) bond motifs is 2. The van der Waals surface area contributed by atoms with E-state index in [2.05, 4.69) is 5.32 Å². The van der Waals surface area contributed by atoms with Crippen LogP contribution >= 0.6 is 0 Å². The van der Waals surface area contributed by atoms with Crippen molar-refractivity contribution in [3.63, 3.8) is 0 Å². The summed E-state index contributed by atoms with van der Waals surface area (Å²) in [6.07, 6.45) is 4.42. The summed E-state index contributed by atoms with van der Waals surface area (Å²) in [5.41, 5.74) is 0.124. The molecule has 6 heteroatoms. The minimum atomic E-state index is -0.978. The maximum atomic E-state index is 13.3. The van der Waals surface area contributed by atoms with E-state index in [1.807, 2.05) is 12.2 Å². The minimum absolute atomic E-state index is 0.0815.